The van der Waals surface area contributed by atoms with E-state index in [0.29, 0.717) is 42.6 Å². The summed E-state index contributed by atoms with van der Waals surface area (Å²) in [4.78, 5) is 35.1. The lowest BCUT2D eigenvalue weighted by atomic mass is 9.76. The van der Waals surface area contributed by atoms with Crippen LogP contribution >= 0.6 is 11.6 Å². The van der Waals surface area contributed by atoms with Crippen molar-refractivity contribution in [1.82, 2.24) is 14.8 Å². The number of H-pyrrole nitrogens is 1. The fourth-order valence-corrected chi connectivity index (χ4v) is 6.43. The molecule has 4 aromatic rings. The SMILES string of the molecule is CCCOc1ccc(C2CN3C(=O)CN(CCc4ccc(Cl)cc4)C(=O)C3(C)c3[nH]c4ccccc4c32)cc1OC. The standard InChI is InChI=1S/C33H34ClN3O4/c1-4-17-41-27-14-11-22(18-28(27)40-3)25-19-37-29(38)20-36(16-15-21-9-12-23(34)13-10-21)32(39)33(37,2)31-30(25)24-7-5-6-8-26(24)35-31/h5-14,18,25,35H,4,15-17,19-20H2,1-3H3. The number of piperazine rings is 1. The summed E-state index contributed by atoms with van der Waals surface area (Å²) in [5.41, 5.74) is 3.69. The van der Waals surface area contributed by atoms with Crippen LogP contribution in [-0.2, 0) is 21.5 Å². The molecule has 2 aliphatic heterocycles. The van der Waals surface area contributed by atoms with Crippen LogP contribution in [0, 0.1) is 0 Å². The molecular weight excluding hydrogens is 538 g/mol. The zero-order chi connectivity index (χ0) is 28.7. The lowest BCUT2D eigenvalue weighted by Gasteiger charge is -2.51. The van der Waals surface area contributed by atoms with Crippen LogP contribution in [0.2, 0.25) is 5.02 Å². The molecule has 2 amide bonds. The fraction of sp³-hybridized carbons (Fsp3) is 0.333. The highest BCUT2D eigenvalue weighted by molar-refractivity contribution is 6.30. The predicted octanol–water partition coefficient (Wildman–Crippen LogP) is 5.89. The van der Waals surface area contributed by atoms with E-state index in [0.717, 1.165) is 39.7 Å². The van der Waals surface area contributed by atoms with E-state index in [1.807, 2.05) is 67.6 Å². The molecule has 0 spiro atoms. The molecule has 0 radical (unpaired) electrons. The van der Waals surface area contributed by atoms with E-state index in [9.17, 15) is 9.59 Å². The second-order valence-electron chi connectivity index (χ2n) is 11.0. The van der Waals surface area contributed by atoms with Gasteiger partial charge in [-0.25, -0.2) is 0 Å². The number of hydrogen-bond donors (Lipinski definition) is 1. The maximum atomic E-state index is 14.3. The molecule has 1 aromatic heterocycles. The summed E-state index contributed by atoms with van der Waals surface area (Å²) in [5, 5.41) is 1.72. The molecule has 3 heterocycles. The topological polar surface area (TPSA) is 74.9 Å². The Balaban J connectivity index is 1.41. The molecule has 0 aliphatic carbocycles. The minimum absolute atomic E-state index is 0.0530. The number of hydrogen-bond acceptors (Lipinski definition) is 4. The summed E-state index contributed by atoms with van der Waals surface area (Å²) in [6.07, 6.45) is 1.54. The van der Waals surface area contributed by atoms with Gasteiger partial charge in [0.05, 0.1) is 26.0 Å². The van der Waals surface area contributed by atoms with Crippen molar-refractivity contribution >= 4 is 34.3 Å². The molecule has 2 aliphatic rings. The Kier molecular flexibility index (Phi) is 7.16. The first-order chi connectivity index (χ1) is 19.8. The second kappa shape index (κ2) is 10.8. The molecular formula is C33H34ClN3O4. The monoisotopic (exact) mass is 571 g/mol. The summed E-state index contributed by atoms with van der Waals surface area (Å²) in [6.45, 7) is 5.44. The van der Waals surface area contributed by atoms with Crippen molar-refractivity contribution < 1.29 is 19.1 Å². The number of halogens is 1. The number of carbonyl (C=O) groups excluding carboxylic acids is 2. The van der Waals surface area contributed by atoms with Crippen LogP contribution in [0.5, 0.6) is 11.5 Å². The minimum Gasteiger partial charge on any atom is -0.493 e. The summed E-state index contributed by atoms with van der Waals surface area (Å²) < 4.78 is 11.6. The van der Waals surface area contributed by atoms with E-state index in [1.54, 1.807) is 16.9 Å². The molecule has 8 heteroatoms. The van der Waals surface area contributed by atoms with E-state index in [4.69, 9.17) is 21.1 Å². The van der Waals surface area contributed by atoms with Gasteiger partial charge >= 0.3 is 0 Å². The Morgan fingerprint density at radius 2 is 1.83 bits per heavy atom. The average Bonchev–Trinajstić information content (AvgIpc) is 3.39. The Morgan fingerprint density at radius 1 is 1.05 bits per heavy atom. The van der Waals surface area contributed by atoms with Crippen LogP contribution in [0.3, 0.4) is 0 Å². The van der Waals surface area contributed by atoms with Gasteiger partial charge in [-0.3, -0.25) is 9.59 Å². The third-order valence-electron chi connectivity index (χ3n) is 8.45. The molecule has 2 unspecified atom stereocenters. The number of ether oxygens (including phenoxy) is 2. The maximum absolute atomic E-state index is 14.3. The first-order valence-corrected chi connectivity index (χ1v) is 14.5. The van der Waals surface area contributed by atoms with Crippen molar-refractivity contribution in [2.75, 3.05) is 33.4 Å². The minimum atomic E-state index is -1.14. The van der Waals surface area contributed by atoms with Gasteiger partial charge in [0.25, 0.3) is 5.91 Å². The Bertz CT molecular complexity index is 1610. The number of amides is 2. The number of benzene rings is 3. The number of para-hydroxylation sites is 1. The van der Waals surface area contributed by atoms with Crippen molar-refractivity contribution in [3.8, 4) is 11.5 Å². The molecule has 3 aromatic carbocycles. The van der Waals surface area contributed by atoms with Crippen molar-refractivity contribution in [1.29, 1.82) is 0 Å². The molecule has 6 rings (SSSR count). The number of nitrogens with one attached hydrogen (secondary N) is 1. The van der Waals surface area contributed by atoms with Crippen molar-refractivity contribution in [2.24, 2.45) is 0 Å². The molecule has 7 nitrogen and oxygen atoms in total. The second-order valence-corrected chi connectivity index (χ2v) is 11.4. The van der Waals surface area contributed by atoms with Crippen molar-refractivity contribution in [3.63, 3.8) is 0 Å². The van der Waals surface area contributed by atoms with Crippen LogP contribution < -0.4 is 9.47 Å². The van der Waals surface area contributed by atoms with Gasteiger partial charge < -0.3 is 24.3 Å². The molecule has 41 heavy (non-hydrogen) atoms. The van der Waals surface area contributed by atoms with E-state index in [2.05, 4.69) is 18.0 Å². The van der Waals surface area contributed by atoms with Gasteiger partial charge in [-0.15, -0.1) is 0 Å². The zero-order valence-electron chi connectivity index (χ0n) is 23.6. The van der Waals surface area contributed by atoms with Gasteiger partial charge in [-0.1, -0.05) is 54.9 Å². The lowest BCUT2D eigenvalue weighted by Crippen LogP contribution is -2.67. The van der Waals surface area contributed by atoms with E-state index >= 15 is 0 Å². The normalized spacial score (nSPS) is 20.2. The molecule has 1 fully saturated rings. The first-order valence-electron chi connectivity index (χ1n) is 14.1. The van der Waals surface area contributed by atoms with Gasteiger partial charge in [0.15, 0.2) is 17.0 Å². The zero-order valence-corrected chi connectivity index (χ0v) is 24.3. The van der Waals surface area contributed by atoms with Gasteiger partial charge in [-0.2, -0.15) is 0 Å². The predicted molar refractivity (Wildman–Crippen MR) is 160 cm³/mol. The van der Waals surface area contributed by atoms with Gasteiger partial charge in [0, 0.05) is 34.9 Å². The number of fused-ring (bicyclic) bond motifs is 5. The summed E-state index contributed by atoms with van der Waals surface area (Å²) >= 11 is 6.05. The molecule has 2 atom stereocenters. The van der Waals surface area contributed by atoms with Crippen molar-refractivity contribution in [2.45, 2.75) is 38.1 Å². The number of aromatic amines is 1. The number of methoxy groups -OCH3 is 1. The number of rotatable bonds is 8. The molecule has 212 valence electrons. The number of nitrogens with zero attached hydrogens (tertiary/aromatic N) is 2. The third kappa shape index (κ3) is 4.62. The van der Waals surface area contributed by atoms with E-state index in [1.165, 1.54) is 0 Å². The molecule has 0 saturated carbocycles. The lowest BCUT2D eigenvalue weighted by molar-refractivity contribution is -0.166. The highest BCUT2D eigenvalue weighted by Gasteiger charge is 2.56. The fourth-order valence-electron chi connectivity index (χ4n) is 6.30. The van der Waals surface area contributed by atoms with Crippen LogP contribution in [0.25, 0.3) is 10.9 Å². The number of aromatic nitrogens is 1. The first kappa shape index (κ1) is 27.2. The summed E-state index contributed by atoms with van der Waals surface area (Å²) in [5.74, 6) is 1.06. The largest absolute Gasteiger partial charge is 0.493 e. The highest BCUT2D eigenvalue weighted by atomic mass is 35.5. The van der Waals surface area contributed by atoms with Crippen LogP contribution in [-0.4, -0.2) is 59.9 Å². The maximum Gasteiger partial charge on any atom is 0.254 e. The van der Waals surface area contributed by atoms with E-state index < -0.39 is 5.54 Å². The quantitative estimate of drug-likeness (QED) is 0.286. The third-order valence-corrected chi connectivity index (χ3v) is 8.70. The average molecular weight is 572 g/mol. The van der Waals surface area contributed by atoms with Gasteiger partial charge in [-0.05, 0) is 66.8 Å². The Hall–Kier alpha value is -3.97. The summed E-state index contributed by atoms with van der Waals surface area (Å²) in [6, 6.07) is 21.7. The van der Waals surface area contributed by atoms with E-state index in [-0.39, 0.29) is 24.3 Å². The molecule has 1 N–H and O–H groups in total. The Labute approximate surface area is 245 Å². The molecule has 1 saturated heterocycles. The Morgan fingerprint density at radius 3 is 2.59 bits per heavy atom. The molecule has 0 bridgehead atoms. The highest BCUT2D eigenvalue weighted by Crippen LogP contribution is 2.49. The smallest absolute Gasteiger partial charge is 0.254 e. The van der Waals surface area contributed by atoms with Gasteiger partial charge in [0.1, 0.15) is 0 Å². The van der Waals surface area contributed by atoms with Crippen molar-refractivity contribution in [3.05, 3.63) is 94.1 Å². The van der Waals surface area contributed by atoms with Crippen LogP contribution in [0.15, 0.2) is 66.7 Å². The van der Waals surface area contributed by atoms with Crippen LogP contribution in [0.1, 0.15) is 48.6 Å². The van der Waals surface area contributed by atoms with Crippen LogP contribution in [0.4, 0.5) is 0 Å². The summed E-state index contributed by atoms with van der Waals surface area (Å²) in [7, 11) is 1.64. The van der Waals surface area contributed by atoms with Gasteiger partial charge in [0.2, 0.25) is 5.91 Å². The number of carbonyl (C=O) groups is 2.